The van der Waals surface area contributed by atoms with Crippen molar-refractivity contribution in [2.45, 2.75) is 0 Å². The smallest absolute Gasteiger partial charge is 0.0893 e. The van der Waals surface area contributed by atoms with Crippen LogP contribution in [0.3, 0.4) is 0 Å². The molecule has 16 heavy (non-hydrogen) atoms. The van der Waals surface area contributed by atoms with Crippen LogP contribution in [0.4, 0.5) is 0 Å². The third-order valence-electron chi connectivity index (χ3n) is 2.51. The van der Waals surface area contributed by atoms with Gasteiger partial charge in [-0.15, -0.1) is 0 Å². The van der Waals surface area contributed by atoms with Gasteiger partial charge in [0.05, 0.1) is 16.2 Å². The Kier molecular flexibility index (Phi) is 2.11. The normalized spacial score (nSPS) is 21.8. The van der Waals surface area contributed by atoms with Crippen molar-refractivity contribution in [2.24, 2.45) is 4.99 Å². The molecular weight excluding hydrogens is 196 g/mol. The second kappa shape index (κ2) is 3.74. The molecule has 0 radical (unpaired) electrons. The number of benzene rings is 1. The zero-order valence-corrected chi connectivity index (χ0v) is 8.67. The second-order valence-electron chi connectivity index (χ2n) is 3.61. The predicted octanol–water partition coefficient (Wildman–Crippen LogP) is 1.72. The Labute approximate surface area is 93.0 Å². The number of pyridine rings is 1. The van der Waals surface area contributed by atoms with Crippen LogP contribution in [0.1, 0.15) is 0 Å². The summed E-state index contributed by atoms with van der Waals surface area (Å²) in [7, 11) is 0. The summed E-state index contributed by atoms with van der Waals surface area (Å²) >= 11 is 0. The highest BCUT2D eigenvalue weighted by Crippen LogP contribution is 2.05. The van der Waals surface area contributed by atoms with Gasteiger partial charge in [0.15, 0.2) is 0 Å². The van der Waals surface area contributed by atoms with Crippen molar-refractivity contribution in [3.63, 3.8) is 0 Å². The van der Waals surface area contributed by atoms with Crippen molar-refractivity contribution in [3.05, 3.63) is 65.5 Å². The molecule has 0 atom stereocenters. The number of hydrogen-bond acceptors (Lipinski definition) is 2. The Balaban J connectivity index is 2.47. The fraction of sp³-hybridized carbons (Fsp3) is 0. The molecule has 0 N–H and O–H groups in total. The zero-order valence-electron chi connectivity index (χ0n) is 8.67. The van der Waals surface area contributed by atoms with Crippen LogP contribution >= 0.6 is 0 Å². The minimum Gasteiger partial charge on any atom is -0.255 e. The van der Waals surface area contributed by atoms with Crippen LogP contribution in [-0.2, 0) is 0 Å². The molecule has 0 bridgehead atoms. The average Bonchev–Trinajstić information content (AvgIpc) is 2.29. The maximum absolute atomic E-state index is 4.58. The summed E-state index contributed by atoms with van der Waals surface area (Å²) in [5, 5.41) is 2.95. The Morgan fingerprint density at radius 1 is 0.938 bits per heavy atom. The van der Waals surface area contributed by atoms with Crippen LogP contribution in [0.5, 0.6) is 0 Å². The van der Waals surface area contributed by atoms with E-state index >= 15 is 0 Å². The molecular formula is C14H10N2. The quantitative estimate of drug-likeness (QED) is 0.644. The topological polar surface area (TPSA) is 25.2 Å². The Bertz CT molecular complexity index is 647. The summed E-state index contributed by atoms with van der Waals surface area (Å²) < 4.78 is 0. The van der Waals surface area contributed by atoms with Crippen molar-refractivity contribution in [1.82, 2.24) is 4.98 Å². The molecule has 3 rings (SSSR count). The van der Waals surface area contributed by atoms with Gasteiger partial charge in [0.1, 0.15) is 0 Å². The lowest BCUT2D eigenvalue weighted by molar-refractivity contribution is 1.20. The van der Waals surface area contributed by atoms with E-state index in [4.69, 9.17) is 0 Å². The molecule has 0 unspecified atom stereocenters. The van der Waals surface area contributed by atoms with Crippen LogP contribution in [0.2, 0.25) is 0 Å². The first kappa shape index (κ1) is 9.04. The van der Waals surface area contributed by atoms with E-state index in [1.54, 1.807) is 6.20 Å². The van der Waals surface area contributed by atoms with Crippen molar-refractivity contribution < 1.29 is 0 Å². The van der Waals surface area contributed by atoms with Gasteiger partial charge in [0, 0.05) is 11.6 Å². The minimum absolute atomic E-state index is 0.916. The molecule has 0 saturated heterocycles. The molecule has 0 fully saturated rings. The van der Waals surface area contributed by atoms with Crippen molar-refractivity contribution >= 4 is 17.0 Å². The van der Waals surface area contributed by atoms with Crippen molar-refractivity contribution in [2.75, 3.05) is 0 Å². The molecule has 1 aromatic carbocycles. The first-order chi connectivity index (χ1) is 7.93. The molecule has 0 aliphatic carbocycles. The fourth-order valence-corrected chi connectivity index (χ4v) is 1.73. The fourth-order valence-electron chi connectivity index (χ4n) is 1.73. The number of nitrogens with zero attached hydrogens (tertiary/aromatic N) is 2. The Hall–Kier alpha value is -2.22. The summed E-state index contributed by atoms with van der Waals surface area (Å²) in [5.74, 6) is 0. The average molecular weight is 206 g/mol. The summed E-state index contributed by atoms with van der Waals surface area (Å²) in [6.07, 6.45) is 9.61. The first-order valence-electron chi connectivity index (χ1n) is 5.21. The van der Waals surface area contributed by atoms with E-state index in [0.29, 0.717) is 0 Å². The van der Waals surface area contributed by atoms with E-state index in [1.165, 1.54) is 0 Å². The highest BCUT2D eigenvalue weighted by atomic mass is 14.7. The van der Waals surface area contributed by atoms with Crippen LogP contribution in [0, 0.1) is 0 Å². The number of rotatable bonds is 0. The van der Waals surface area contributed by atoms with Crippen molar-refractivity contribution in [1.29, 1.82) is 0 Å². The molecule has 1 aliphatic heterocycles. The lowest BCUT2D eigenvalue weighted by Gasteiger charge is -1.97. The van der Waals surface area contributed by atoms with Gasteiger partial charge in [0.25, 0.3) is 0 Å². The molecule has 1 aliphatic rings. The van der Waals surface area contributed by atoms with E-state index < -0.39 is 0 Å². The summed E-state index contributed by atoms with van der Waals surface area (Å²) in [4.78, 5) is 8.95. The molecule has 2 nitrogen and oxygen atoms in total. The summed E-state index contributed by atoms with van der Waals surface area (Å²) in [6, 6.07) is 10.1. The highest BCUT2D eigenvalue weighted by molar-refractivity contribution is 5.78. The molecule has 0 spiro atoms. The molecule has 2 heteroatoms. The van der Waals surface area contributed by atoms with Gasteiger partial charge < -0.3 is 0 Å². The Morgan fingerprint density at radius 2 is 1.88 bits per heavy atom. The van der Waals surface area contributed by atoms with Crippen LogP contribution < -0.4 is 10.7 Å². The third-order valence-corrected chi connectivity index (χ3v) is 2.51. The van der Waals surface area contributed by atoms with Gasteiger partial charge in [-0.25, -0.2) is 4.98 Å². The van der Waals surface area contributed by atoms with Gasteiger partial charge in [-0.1, -0.05) is 30.4 Å². The predicted molar refractivity (Wildman–Crippen MR) is 65.3 cm³/mol. The number of allylic oxidation sites excluding steroid dienone is 3. The number of fused-ring (bicyclic) bond motifs is 2. The van der Waals surface area contributed by atoms with Crippen LogP contribution in [0.15, 0.2) is 59.8 Å². The van der Waals surface area contributed by atoms with E-state index in [2.05, 4.69) is 22.1 Å². The lowest BCUT2D eigenvalue weighted by Crippen LogP contribution is -2.28. The maximum Gasteiger partial charge on any atom is 0.0893 e. The van der Waals surface area contributed by atoms with Crippen LogP contribution in [-0.4, -0.2) is 4.98 Å². The monoisotopic (exact) mass is 206 g/mol. The SMILES string of the molecule is C1=C\C=c2\nc3ccccc3c\c2=N\C=C/1. The number of para-hydroxylation sites is 1. The third kappa shape index (κ3) is 1.54. The molecule has 0 saturated carbocycles. The number of aromatic nitrogens is 1. The van der Waals surface area contributed by atoms with E-state index in [0.717, 1.165) is 21.6 Å². The van der Waals surface area contributed by atoms with Gasteiger partial charge >= 0.3 is 0 Å². The summed E-state index contributed by atoms with van der Waals surface area (Å²) in [5.41, 5.74) is 1.01. The molecule has 76 valence electrons. The Morgan fingerprint density at radius 3 is 2.88 bits per heavy atom. The summed E-state index contributed by atoms with van der Waals surface area (Å²) in [6.45, 7) is 0. The van der Waals surface area contributed by atoms with Gasteiger partial charge in [0.2, 0.25) is 0 Å². The van der Waals surface area contributed by atoms with Gasteiger partial charge in [-0.05, 0) is 24.3 Å². The highest BCUT2D eigenvalue weighted by Gasteiger charge is 1.95. The van der Waals surface area contributed by atoms with Gasteiger partial charge in [-0.3, -0.25) is 4.99 Å². The van der Waals surface area contributed by atoms with Crippen LogP contribution in [0.25, 0.3) is 17.0 Å². The molecule has 1 aromatic heterocycles. The number of hydrogen-bond donors (Lipinski definition) is 0. The zero-order chi connectivity index (χ0) is 10.8. The van der Waals surface area contributed by atoms with E-state index in [1.807, 2.05) is 42.5 Å². The molecule has 0 amide bonds. The van der Waals surface area contributed by atoms with Crippen molar-refractivity contribution in [3.8, 4) is 0 Å². The molecule has 2 heterocycles. The molecule has 2 aromatic rings. The van der Waals surface area contributed by atoms with E-state index in [-0.39, 0.29) is 0 Å². The van der Waals surface area contributed by atoms with Gasteiger partial charge in [-0.2, -0.15) is 0 Å². The standard InChI is InChI=1S/C14H10N2/c1-2-8-13-14(15-9-5-1)10-11-6-3-4-7-12(11)16-13/h1-10H/b2-1-,5-1?,8-2?,9-5-,13-8+,15-9?,15-14-. The first-order valence-corrected chi connectivity index (χ1v) is 5.21. The largest absolute Gasteiger partial charge is 0.255 e. The minimum atomic E-state index is 0.916. The van der Waals surface area contributed by atoms with E-state index in [9.17, 15) is 0 Å². The lowest BCUT2D eigenvalue weighted by atomic mass is 10.2. The maximum atomic E-state index is 4.58. The second-order valence-corrected chi connectivity index (χ2v) is 3.61.